The van der Waals surface area contributed by atoms with E-state index in [2.05, 4.69) is 87.3 Å². The zero-order chi connectivity index (χ0) is 17.6. The Labute approximate surface area is 149 Å². The van der Waals surface area contributed by atoms with E-state index in [1.165, 1.54) is 44.8 Å². The van der Waals surface area contributed by atoms with Gasteiger partial charge >= 0.3 is 0 Å². The van der Waals surface area contributed by atoms with Gasteiger partial charge in [-0.15, -0.1) is 0 Å². The first-order chi connectivity index (χ1) is 11.3. The van der Waals surface area contributed by atoms with Gasteiger partial charge in [0.2, 0.25) is 0 Å². The van der Waals surface area contributed by atoms with Crippen LogP contribution < -0.4 is 0 Å². The van der Waals surface area contributed by atoms with Gasteiger partial charge in [-0.2, -0.15) is 0 Å². The fourth-order valence-electron chi connectivity index (χ4n) is 3.82. The summed E-state index contributed by atoms with van der Waals surface area (Å²) in [6.07, 6.45) is 4.15. The minimum absolute atomic E-state index is 0.806. The normalized spacial score (nSPS) is 11.1. The van der Waals surface area contributed by atoms with Crippen LogP contribution in [-0.2, 0) is 0 Å². The zero-order valence-corrected chi connectivity index (χ0v) is 16.1. The van der Waals surface area contributed by atoms with E-state index in [4.69, 9.17) is 12.2 Å². The molecule has 0 aliphatic heterocycles. The van der Waals surface area contributed by atoms with Crippen LogP contribution in [0.3, 0.4) is 0 Å². The molecule has 3 heteroatoms. The van der Waals surface area contributed by atoms with Gasteiger partial charge in [-0.1, -0.05) is 35.4 Å². The van der Waals surface area contributed by atoms with Crippen molar-refractivity contribution in [3.8, 4) is 11.4 Å². The number of imidazole rings is 1. The van der Waals surface area contributed by atoms with Gasteiger partial charge in [0.1, 0.15) is 0 Å². The average Bonchev–Trinajstić information content (AvgIpc) is 2.79. The molecular weight excluding hydrogens is 312 g/mol. The van der Waals surface area contributed by atoms with E-state index < -0.39 is 0 Å². The maximum atomic E-state index is 5.82. The predicted octanol–water partition coefficient (Wildman–Crippen LogP) is 5.85. The van der Waals surface area contributed by atoms with Crippen molar-refractivity contribution in [3.63, 3.8) is 0 Å². The molecule has 0 spiro atoms. The highest BCUT2D eigenvalue weighted by atomic mass is 32.1. The summed E-state index contributed by atoms with van der Waals surface area (Å²) in [5.41, 5.74) is 9.93. The van der Waals surface area contributed by atoms with Crippen molar-refractivity contribution in [1.29, 1.82) is 0 Å². The monoisotopic (exact) mass is 336 g/mol. The van der Waals surface area contributed by atoms with Crippen LogP contribution in [0.15, 0.2) is 36.7 Å². The van der Waals surface area contributed by atoms with Gasteiger partial charge in [0.25, 0.3) is 0 Å². The van der Waals surface area contributed by atoms with Crippen LogP contribution in [0.4, 0.5) is 0 Å². The van der Waals surface area contributed by atoms with Gasteiger partial charge in [0.05, 0.1) is 11.4 Å². The van der Waals surface area contributed by atoms with Crippen molar-refractivity contribution in [3.05, 3.63) is 74.8 Å². The van der Waals surface area contributed by atoms with Gasteiger partial charge in [-0.3, -0.25) is 9.13 Å². The summed E-state index contributed by atoms with van der Waals surface area (Å²) in [6.45, 7) is 12.9. The van der Waals surface area contributed by atoms with Gasteiger partial charge in [-0.05, 0) is 76.0 Å². The Morgan fingerprint density at radius 3 is 1.17 bits per heavy atom. The second kappa shape index (κ2) is 6.06. The molecule has 24 heavy (non-hydrogen) atoms. The summed E-state index contributed by atoms with van der Waals surface area (Å²) >= 11 is 5.82. The number of aryl methyl sites for hydroxylation is 6. The quantitative estimate of drug-likeness (QED) is 0.534. The topological polar surface area (TPSA) is 9.86 Å². The van der Waals surface area contributed by atoms with E-state index in [0.717, 1.165) is 4.77 Å². The zero-order valence-electron chi connectivity index (χ0n) is 15.3. The third kappa shape index (κ3) is 2.73. The third-order valence-corrected chi connectivity index (χ3v) is 4.92. The van der Waals surface area contributed by atoms with Gasteiger partial charge in [-0.25, -0.2) is 0 Å². The molecule has 2 aromatic carbocycles. The second-order valence-corrected chi connectivity index (χ2v) is 7.18. The molecule has 3 rings (SSSR count). The number of aromatic nitrogens is 2. The van der Waals surface area contributed by atoms with E-state index in [-0.39, 0.29) is 0 Å². The summed E-state index contributed by atoms with van der Waals surface area (Å²) in [5.74, 6) is 0. The molecule has 3 aromatic rings. The number of rotatable bonds is 2. The lowest BCUT2D eigenvalue weighted by Crippen LogP contribution is -2.04. The summed E-state index contributed by atoms with van der Waals surface area (Å²) in [6, 6.07) is 8.85. The Hall–Kier alpha value is -2.13. The lowest BCUT2D eigenvalue weighted by Gasteiger charge is -2.14. The van der Waals surface area contributed by atoms with E-state index in [1.54, 1.807) is 0 Å². The van der Waals surface area contributed by atoms with Crippen LogP contribution in [0.2, 0.25) is 0 Å². The summed E-state index contributed by atoms with van der Waals surface area (Å²) in [4.78, 5) is 0. The maximum absolute atomic E-state index is 5.82. The van der Waals surface area contributed by atoms with Crippen LogP contribution >= 0.6 is 12.2 Å². The lowest BCUT2D eigenvalue weighted by molar-refractivity contribution is 0.929. The standard InChI is InChI=1S/C21H24N2S/c1-13-9-15(3)19(16(4)10-13)22-7-8-23(21(22)24)20-17(5)11-14(2)12-18(20)6/h7-12H,1-6H3. The third-order valence-electron chi connectivity index (χ3n) is 4.53. The van der Waals surface area contributed by atoms with E-state index >= 15 is 0 Å². The fourth-order valence-corrected chi connectivity index (χ4v) is 4.13. The Morgan fingerprint density at radius 2 is 0.875 bits per heavy atom. The van der Waals surface area contributed by atoms with Crippen molar-refractivity contribution < 1.29 is 0 Å². The molecule has 1 heterocycles. The summed E-state index contributed by atoms with van der Waals surface area (Å²) in [5, 5.41) is 0. The van der Waals surface area contributed by atoms with E-state index in [0.29, 0.717) is 0 Å². The molecule has 0 bridgehead atoms. The molecular formula is C21H24N2S. The van der Waals surface area contributed by atoms with E-state index in [1.807, 2.05) is 0 Å². The number of hydrogen-bond acceptors (Lipinski definition) is 1. The van der Waals surface area contributed by atoms with Crippen LogP contribution in [0.5, 0.6) is 0 Å². The van der Waals surface area contributed by atoms with Gasteiger partial charge in [0.15, 0.2) is 4.77 Å². The van der Waals surface area contributed by atoms with Crippen LogP contribution in [-0.4, -0.2) is 9.13 Å². The summed E-state index contributed by atoms with van der Waals surface area (Å²) in [7, 11) is 0. The van der Waals surface area contributed by atoms with Crippen molar-refractivity contribution >= 4 is 12.2 Å². The van der Waals surface area contributed by atoms with Gasteiger partial charge < -0.3 is 0 Å². The van der Waals surface area contributed by atoms with Crippen LogP contribution in [0.1, 0.15) is 33.4 Å². The molecule has 0 aliphatic carbocycles. The molecule has 0 N–H and O–H groups in total. The minimum atomic E-state index is 0.806. The molecule has 0 unspecified atom stereocenters. The van der Waals surface area contributed by atoms with Gasteiger partial charge in [0, 0.05) is 12.4 Å². The highest BCUT2D eigenvalue weighted by molar-refractivity contribution is 7.71. The number of benzene rings is 2. The summed E-state index contributed by atoms with van der Waals surface area (Å²) < 4.78 is 5.05. The molecule has 0 radical (unpaired) electrons. The Morgan fingerprint density at radius 1 is 0.583 bits per heavy atom. The second-order valence-electron chi connectivity index (χ2n) is 6.82. The van der Waals surface area contributed by atoms with Crippen LogP contribution in [0.25, 0.3) is 11.4 Å². The fraction of sp³-hybridized carbons (Fsp3) is 0.286. The molecule has 0 fully saturated rings. The molecule has 0 aliphatic rings. The first kappa shape index (κ1) is 16.7. The SMILES string of the molecule is Cc1cc(C)c(-n2ccn(-c3c(C)cc(C)cc3C)c2=S)c(C)c1. The van der Waals surface area contributed by atoms with E-state index in [9.17, 15) is 0 Å². The minimum Gasteiger partial charge on any atom is -0.292 e. The molecule has 2 nitrogen and oxygen atoms in total. The van der Waals surface area contributed by atoms with Crippen molar-refractivity contribution in [1.82, 2.24) is 9.13 Å². The Bertz CT molecular complexity index is 865. The first-order valence-electron chi connectivity index (χ1n) is 8.26. The predicted molar refractivity (Wildman–Crippen MR) is 104 cm³/mol. The smallest absolute Gasteiger partial charge is 0.189 e. The van der Waals surface area contributed by atoms with Crippen molar-refractivity contribution in [2.24, 2.45) is 0 Å². The molecule has 0 saturated carbocycles. The molecule has 0 saturated heterocycles. The first-order valence-corrected chi connectivity index (χ1v) is 8.67. The van der Waals surface area contributed by atoms with Crippen molar-refractivity contribution in [2.45, 2.75) is 41.5 Å². The molecule has 124 valence electrons. The molecule has 0 atom stereocenters. The number of nitrogens with zero attached hydrogens (tertiary/aromatic N) is 2. The van der Waals surface area contributed by atoms with Crippen molar-refractivity contribution in [2.75, 3.05) is 0 Å². The largest absolute Gasteiger partial charge is 0.292 e. The number of hydrogen-bond donors (Lipinski definition) is 0. The Balaban J connectivity index is 2.24. The maximum Gasteiger partial charge on any atom is 0.189 e. The highest BCUT2D eigenvalue weighted by Gasteiger charge is 2.12. The Kier molecular flexibility index (Phi) is 4.22. The lowest BCUT2D eigenvalue weighted by atomic mass is 10.0. The molecule has 0 amide bonds. The molecule has 1 aromatic heterocycles. The van der Waals surface area contributed by atoms with Crippen LogP contribution in [0, 0.1) is 46.3 Å². The average molecular weight is 337 g/mol. The highest BCUT2D eigenvalue weighted by Crippen LogP contribution is 2.25.